The molecule has 0 radical (unpaired) electrons. The third kappa shape index (κ3) is 8.02. The lowest BCUT2D eigenvalue weighted by atomic mass is 9.68. The van der Waals surface area contributed by atoms with Gasteiger partial charge in [0, 0.05) is 41.4 Å². The highest BCUT2D eigenvalue weighted by atomic mass is 35.5. The first-order chi connectivity index (χ1) is 20.9. The second kappa shape index (κ2) is 13.6. The van der Waals surface area contributed by atoms with E-state index in [2.05, 4.69) is 15.7 Å². The monoisotopic (exact) mass is 666 g/mol. The van der Waals surface area contributed by atoms with Crippen LogP contribution in [0.1, 0.15) is 58.1 Å². The zero-order chi connectivity index (χ0) is 33.3. The number of aliphatic hydroxyl groups excluding tert-OH is 1. The molecular weight excluding hydrogens is 625 g/mol. The number of nitrogens with two attached hydrogens (primary N) is 2. The largest absolute Gasteiger partial charge is 0.389 e. The van der Waals surface area contributed by atoms with Crippen molar-refractivity contribution in [3.8, 4) is 0 Å². The Bertz CT molecular complexity index is 1510. The van der Waals surface area contributed by atoms with Crippen LogP contribution in [0, 0.1) is 17.0 Å². The molecular formula is C32H42Cl2F2N6O3. The topological polar surface area (TPSA) is 140 Å². The predicted octanol–water partition coefficient (Wildman–Crippen LogP) is 4.94. The molecule has 1 amide bonds. The van der Waals surface area contributed by atoms with E-state index in [9.17, 15) is 9.90 Å². The third-order valence-corrected chi connectivity index (χ3v) is 8.52. The van der Waals surface area contributed by atoms with Crippen LogP contribution in [0.3, 0.4) is 0 Å². The number of aromatic nitrogens is 2. The predicted molar refractivity (Wildman–Crippen MR) is 172 cm³/mol. The van der Waals surface area contributed by atoms with E-state index in [1.807, 2.05) is 34.6 Å². The standard InChI is InChI=1S/C32H42Cl2F2N6O3/c1-30(2,3)14-24-32(38,21-10-9-18(33)13-23(21)35)26(20-7-6-8-22(34)27(20)36)28(39-24)29(44)40-25-11-12-42(41-25)17-31(4,5)45-16-19(43)15-37/h6-13,19,24,26,28,39,43H,14-17,37-38H2,1-5H3,(H,40,41,44)/t19-,24-,26-,28+,32+/m0/s1. The Morgan fingerprint density at radius 2 is 1.91 bits per heavy atom. The highest BCUT2D eigenvalue weighted by molar-refractivity contribution is 6.31. The summed E-state index contributed by atoms with van der Waals surface area (Å²) in [5.41, 5.74) is 10.3. The van der Waals surface area contributed by atoms with Gasteiger partial charge in [-0.2, -0.15) is 5.10 Å². The molecule has 0 aliphatic carbocycles. The second-order valence-corrected chi connectivity index (χ2v) is 14.3. The van der Waals surface area contributed by atoms with Gasteiger partial charge in [-0.3, -0.25) is 9.48 Å². The van der Waals surface area contributed by atoms with E-state index in [0.717, 1.165) is 6.07 Å². The Morgan fingerprint density at radius 1 is 1.20 bits per heavy atom. The number of hydrogen-bond acceptors (Lipinski definition) is 7. The van der Waals surface area contributed by atoms with Gasteiger partial charge in [0.05, 0.1) is 41.5 Å². The lowest BCUT2D eigenvalue weighted by Gasteiger charge is -2.40. The number of amides is 1. The number of anilines is 1. The van der Waals surface area contributed by atoms with Gasteiger partial charge in [0.1, 0.15) is 11.6 Å². The number of hydrogen-bond donors (Lipinski definition) is 5. The van der Waals surface area contributed by atoms with Gasteiger partial charge < -0.3 is 31.9 Å². The lowest BCUT2D eigenvalue weighted by Crippen LogP contribution is -2.52. The maximum Gasteiger partial charge on any atom is 0.243 e. The van der Waals surface area contributed by atoms with Crippen LogP contribution in [-0.2, 0) is 21.6 Å². The highest BCUT2D eigenvalue weighted by Gasteiger charge is 2.58. The van der Waals surface area contributed by atoms with E-state index >= 15 is 8.78 Å². The van der Waals surface area contributed by atoms with Gasteiger partial charge in [-0.1, -0.05) is 62.2 Å². The third-order valence-electron chi connectivity index (χ3n) is 7.99. The van der Waals surface area contributed by atoms with Gasteiger partial charge in [-0.15, -0.1) is 0 Å². The van der Waals surface area contributed by atoms with E-state index in [1.54, 1.807) is 23.0 Å². The number of nitrogens with one attached hydrogen (secondary N) is 2. The molecule has 13 heteroatoms. The van der Waals surface area contributed by atoms with Crippen molar-refractivity contribution >= 4 is 34.9 Å². The van der Waals surface area contributed by atoms with E-state index in [0.29, 0.717) is 13.0 Å². The van der Waals surface area contributed by atoms with Gasteiger partial charge >= 0.3 is 0 Å². The van der Waals surface area contributed by atoms with E-state index in [4.69, 9.17) is 39.4 Å². The second-order valence-electron chi connectivity index (χ2n) is 13.5. The van der Waals surface area contributed by atoms with Gasteiger partial charge in [0.2, 0.25) is 5.91 Å². The highest BCUT2D eigenvalue weighted by Crippen LogP contribution is 2.50. The molecule has 3 aromatic rings. The van der Waals surface area contributed by atoms with Crippen LogP contribution in [0.2, 0.25) is 10.0 Å². The molecule has 9 nitrogen and oxygen atoms in total. The van der Waals surface area contributed by atoms with Crippen molar-refractivity contribution in [1.29, 1.82) is 0 Å². The van der Waals surface area contributed by atoms with Crippen LogP contribution in [0.15, 0.2) is 48.7 Å². The first kappa shape index (κ1) is 35.2. The summed E-state index contributed by atoms with van der Waals surface area (Å²) in [5.74, 6) is -2.78. The fourth-order valence-corrected chi connectivity index (χ4v) is 6.29. The number of ether oxygens (including phenoxy) is 1. The van der Waals surface area contributed by atoms with Crippen molar-refractivity contribution in [2.75, 3.05) is 18.5 Å². The SMILES string of the molecule is CC(C)(C)C[C@@H]1N[C@@H](C(=O)Nc2ccn(CC(C)(C)OC[C@@H](O)CN)n2)[C@H](c2cccc(Cl)c2F)[C@@]1(N)c1ccc(Cl)cc1F. The number of carbonyl (C=O) groups is 1. The summed E-state index contributed by atoms with van der Waals surface area (Å²) in [6, 6.07) is 8.52. The van der Waals surface area contributed by atoms with Crippen molar-refractivity contribution in [3.05, 3.63) is 81.5 Å². The van der Waals surface area contributed by atoms with Crippen LogP contribution < -0.4 is 22.1 Å². The Kier molecular flexibility index (Phi) is 10.7. The number of benzene rings is 2. The van der Waals surface area contributed by atoms with Crippen molar-refractivity contribution < 1.29 is 23.4 Å². The first-order valence-electron chi connectivity index (χ1n) is 14.8. The summed E-state index contributed by atoms with van der Waals surface area (Å²) in [7, 11) is 0. The molecule has 4 rings (SSSR count). The number of aliphatic hydroxyl groups is 1. The lowest BCUT2D eigenvalue weighted by molar-refractivity contribution is -0.118. The summed E-state index contributed by atoms with van der Waals surface area (Å²) < 4.78 is 38.9. The molecule has 0 unspecified atom stereocenters. The Labute approximate surface area is 272 Å². The average Bonchev–Trinajstić information content (AvgIpc) is 3.49. The minimum atomic E-state index is -1.59. The average molecular weight is 668 g/mol. The van der Waals surface area contributed by atoms with Crippen LogP contribution in [0.25, 0.3) is 0 Å². The summed E-state index contributed by atoms with van der Waals surface area (Å²) in [6.45, 7) is 10.2. The van der Waals surface area contributed by atoms with Gasteiger partial charge in [-0.05, 0) is 49.4 Å². The number of halogens is 4. The Hall–Kier alpha value is -2.64. The zero-order valence-corrected chi connectivity index (χ0v) is 27.6. The normalized spacial score (nSPS) is 22.9. The summed E-state index contributed by atoms with van der Waals surface area (Å²) in [5, 5.41) is 20.4. The molecule has 0 saturated carbocycles. The zero-order valence-electron chi connectivity index (χ0n) is 26.1. The van der Waals surface area contributed by atoms with E-state index in [1.165, 1.54) is 24.3 Å². The molecule has 1 fully saturated rings. The molecule has 1 aromatic heterocycles. The quantitative estimate of drug-likeness (QED) is 0.195. The number of rotatable bonds is 11. The summed E-state index contributed by atoms with van der Waals surface area (Å²) >= 11 is 12.3. The minimum absolute atomic E-state index is 0.0634. The minimum Gasteiger partial charge on any atom is -0.389 e. The fraction of sp³-hybridized carbons (Fsp3) is 0.500. The van der Waals surface area contributed by atoms with Gasteiger partial charge in [0.25, 0.3) is 0 Å². The first-order valence-corrected chi connectivity index (χ1v) is 15.5. The van der Waals surface area contributed by atoms with Gasteiger partial charge in [-0.25, -0.2) is 8.78 Å². The van der Waals surface area contributed by atoms with Crippen LogP contribution in [-0.4, -0.2) is 57.7 Å². The molecule has 2 heterocycles. The molecule has 246 valence electrons. The number of carbonyl (C=O) groups excluding carboxylic acids is 1. The molecule has 1 aliphatic rings. The molecule has 0 bridgehead atoms. The summed E-state index contributed by atoms with van der Waals surface area (Å²) in [4.78, 5) is 14.1. The maximum absolute atomic E-state index is 15.8. The van der Waals surface area contributed by atoms with E-state index in [-0.39, 0.29) is 45.6 Å². The molecule has 2 aromatic carbocycles. The molecule has 1 aliphatic heterocycles. The maximum atomic E-state index is 15.8. The fourth-order valence-electron chi connectivity index (χ4n) is 5.95. The van der Waals surface area contributed by atoms with E-state index < -0.39 is 52.8 Å². The molecule has 5 atom stereocenters. The molecule has 1 saturated heterocycles. The van der Waals surface area contributed by atoms with Crippen LogP contribution in [0.4, 0.5) is 14.6 Å². The Balaban J connectivity index is 1.72. The van der Waals surface area contributed by atoms with Crippen molar-refractivity contribution in [2.45, 2.75) is 82.8 Å². The number of nitrogens with zero attached hydrogens (tertiary/aromatic N) is 2. The van der Waals surface area contributed by atoms with Crippen molar-refractivity contribution in [3.63, 3.8) is 0 Å². The molecule has 45 heavy (non-hydrogen) atoms. The Morgan fingerprint density at radius 3 is 2.56 bits per heavy atom. The molecule has 0 spiro atoms. The van der Waals surface area contributed by atoms with Crippen LogP contribution >= 0.6 is 23.2 Å². The van der Waals surface area contributed by atoms with Crippen molar-refractivity contribution in [2.24, 2.45) is 16.9 Å². The smallest absolute Gasteiger partial charge is 0.243 e. The van der Waals surface area contributed by atoms with Crippen molar-refractivity contribution in [1.82, 2.24) is 15.1 Å². The summed E-state index contributed by atoms with van der Waals surface area (Å²) in [6.07, 6.45) is 1.32. The molecule has 7 N–H and O–H groups in total. The van der Waals surface area contributed by atoms with Gasteiger partial charge in [0.15, 0.2) is 5.82 Å². The van der Waals surface area contributed by atoms with Crippen LogP contribution in [0.5, 0.6) is 0 Å².